The van der Waals surface area contributed by atoms with E-state index in [9.17, 15) is 9.59 Å². The van der Waals surface area contributed by atoms with E-state index in [4.69, 9.17) is 4.74 Å². The average Bonchev–Trinajstić information content (AvgIpc) is 2.91. The molecule has 2 aliphatic rings. The van der Waals surface area contributed by atoms with E-state index in [1.807, 2.05) is 49.9 Å². The number of anilines is 1. The Morgan fingerprint density at radius 3 is 2.31 bits per heavy atom. The number of amides is 2. The second-order valence-corrected chi connectivity index (χ2v) is 8.89. The van der Waals surface area contributed by atoms with E-state index in [0.29, 0.717) is 18.3 Å². The summed E-state index contributed by atoms with van der Waals surface area (Å²) < 4.78 is 5.60. The first-order valence-corrected chi connectivity index (χ1v) is 9.54. The molecule has 0 bridgehead atoms. The lowest BCUT2D eigenvalue weighted by atomic mass is 9.91. The molecule has 1 aromatic rings. The summed E-state index contributed by atoms with van der Waals surface area (Å²) in [5, 5.41) is 0. The zero-order chi connectivity index (χ0) is 19.1. The number of para-hydroxylation sites is 1. The number of carbonyl (C=O) groups excluding carboxylic acids is 2. The summed E-state index contributed by atoms with van der Waals surface area (Å²) in [4.78, 5) is 29.7. The lowest BCUT2D eigenvalue weighted by molar-refractivity contribution is -0.135. The van der Waals surface area contributed by atoms with Gasteiger partial charge in [-0.1, -0.05) is 32.0 Å². The molecule has 1 aromatic carbocycles. The molecule has 0 spiro atoms. The van der Waals surface area contributed by atoms with Crippen LogP contribution in [0.5, 0.6) is 0 Å². The molecule has 1 fully saturated rings. The number of hydrogen-bond acceptors (Lipinski definition) is 3. The van der Waals surface area contributed by atoms with Crippen LogP contribution in [0.1, 0.15) is 46.6 Å². The Kier molecular flexibility index (Phi) is 5.00. The monoisotopic (exact) mass is 358 g/mol. The molecule has 0 radical (unpaired) electrons. The molecule has 2 heterocycles. The number of likely N-dealkylation sites (tertiary alicyclic amines) is 1. The smallest absolute Gasteiger partial charge is 0.415 e. The molecule has 0 aromatic heterocycles. The standard InChI is InChI=1S/C21H30N2O3/c1-14-10-15(2)13-22(12-14)19(24)18-11-16-8-6-7-9-17(16)23(18)20(25)26-21(3,4)5/h6-9,14-15,18H,10-13H2,1-5H3/t14-,15+,18?. The van der Waals surface area contributed by atoms with Crippen LogP contribution in [0, 0.1) is 11.8 Å². The van der Waals surface area contributed by atoms with Gasteiger partial charge in [0.1, 0.15) is 11.6 Å². The number of nitrogens with zero attached hydrogens (tertiary/aromatic N) is 2. The maximum atomic E-state index is 13.3. The second-order valence-electron chi connectivity index (χ2n) is 8.89. The summed E-state index contributed by atoms with van der Waals surface area (Å²) in [6.07, 6.45) is 1.25. The SMILES string of the molecule is C[C@@H]1C[C@H](C)CN(C(=O)C2Cc3ccccc3N2C(=O)OC(C)(C)C)C1. The van der Waals surface area contributed by atoms with Gasteiger partial charge in [-0.15, -0.1) is 0 Å². The molecule has 5 heteroatoms. The van der Waals surface area contributed by atoms with Crippen LogP contribution in [0.15, 0.2) is 24.3 Å². The Morgan fingerprint density at radius 2 is 1.69 bits per heavy atom. The van der Waals surface area contributed by atoms with Crippen molar-refractivity contribution in [2.24, 2.45) is 11.8 Å². The fourth-order valence-corrected chi connectivity index (χ4v) is 4.17. The molecule has 2 amide bonds. The Balaban J connectivity index is 1.87. The number of carbonyl (C=O) groups is 2. The van der Waals surface area contributed by atoms with Gasteiger partial charge < -0.3 is 9.64 Å². The Morgan fingerprint density at radius 1 is 1.08 bits per heavy atom. The van der Waals surface area contributed by atoms with Gasteiger partial charge in [0.15, 0.2) is 0 Å². The van der Waals surface area contributed by atoms with E-state index < -0.39 is 17.7 Å². The zero-order valence-corrected chi connectivity index (χ0v) is 16.5. The van der Waals surface area contributed by atoms with Gasteiger partial charge in [-0.2, -0.15) is 0 Å². The highest BCUT2D eigenvalue weighted by Crippen LogP contribution is 2.35. The third-order valence-corrected chi connectivity index (χ3v) is 5.03. The van der Waals surface area contributed by atoms with Crippen molar-refractivity contribution >= 4 is 17.7 Å². The van der Waals surface area contributed by atoms with Crippen molar-refractivity contribution in [3.05, 3.63) is 29.8 Å². The van der Waals surface area contributed by atoms with E-state index in [-0.39, 0.29) is 5.91 Å². The van der Waals surface area contributed by atoms with E-state index in [1.54, 1.807) is 4.90 Å². The molecule has 142 valence electrons. The molecule has 0 saturated carbocycles. The van der Waals surface area contributed by atoms with Gasteiger partial charge >= 0.3 is 6.09 Å². The molecule has 0 aliphatic carbocycles. The Labute approximate surface area is 156 Å². The Hall–Kier alpha value is -2.04. The van der Waals surface area contributed by atoms with Crippen molar-refractivity contribution in [2.75, 3.05) is 18.0 Å². The third kappa shape index (κ3) is 3.87. The van der Waals surface area contributed by atoms with Crippen molar-refractivity contribution in [1.29, 1.82) is 0 Å². The highest BCUT2D eigenvalue weighted by molar-refractivity contribution is 6.00. The molecule has 0 N–H and O–H groups in total. The van der Waals surface area contributed by atoms with Crippen molar-refractivity contribution in [2.45, 2.75) is 59.1 Å². The minimum Gasteiger partial charge on any atom is -0.443 e. The zero-order valence-electron chi connectivity index (χ0n) is 16.5. The molecular weight excluding hydrogens is 328 g/mol. The maximum Gasteiger partial charge on any atom is 0.415 e. The molecule has 5 nitrogen and oxygen atoms in total. The number of ether oxygens (including phenoxy) is 1. The molecule has 26 heavy (non-hydrogen) atoms. The lowest BCUT2D eigenvalue weighted by Crippen LogP contribution is -2.53. The van der Waals surface area contributed by atoms with Gasteiger partial charge in [0.25, 0.3) is 0 Å². The van der Waals surface area contributed by atoms with Crippen LogP contribution in [-0.4, -0.2) is 41.6 Å². The van der Waals surface area contributed by atoms with Crippen molar-refractivity contribution in [3.8, 4) is 0 Å². The highest BCUT2D eigenvalue weighted by Gasteiger charge is 2.43. The molecule has 3 atom stereocenters. The largest absolute Gasteiger partial charge is 0.443 e. The lowest BCUT2D eigenvalue weighted by Gasteiger charge is -2.38. The summed E-state index contributed by atoms with van der Waals surface area (Å²) in [6.45, 7) is 11.4. The summed E-state index contributed by atoms with van der Waals surface area (Å²) in [7, 11) is 0. The predicted octanol–water partition coefficient (Wildman–Crippen LogP) is 3.86. The second kappa shape index (κ2) is 6.93. The van der Waals surface area contributed by atoms with Crippen LogP contribution < -0.4 is 4.90 Å². The van der Waals surface area contributed by atoms with Crippen LogP contribution in [0.25, 0.3) is 0 Å². The normalized spacial score (nSPS) is 25.8. The number of fused-ring (bicyclic) bond motifs is 1. The number of rotatable bonds is 1. The van der Waals surface area contributed by atoms with Crippen molar-refractivity contribution in [3.63, 3.8) is 0 Å². The summed E-state index contributed by atoms with van der Waals surface area (Å²) in [6, 6.07) is 7.22. The summed E-state index contributed by atoms with van der Waals surface area (Å²) >= 11 is 0. The average molecular weight is 358 g/mol. The predicted molar refractivity (Wildman–Crippen MR) is 102 cm³/mol. The topological polar surface area (TPSA) is 49.9 Å². The molecule has 1 unspecified atom stereocenters. The summed E-state index contributed by atoms with van der Waals surface area (Å²) in [5.41, 5.74) is 1.21. The number of benzene rings is 1. The maximum absolute atomic E-state index is 13.3. The summed E-state index contributed by atoms with van der Waals surface area (Å²) in [5.74, 6) is 1.01. The molecular formula is C21H30N2O3. The fourth-order valence-electron chi connectivity index (χ4n) is 4.17. The van der Waals surface area contributed by atoms with Crippen LogP contribution in [-0.2, 0) is 16.0 Å². The molecule has 3 rings (SSSR count). The minimum absolute atomic E-state index is 0.0328. The van der Waals surface area contributed by atoms with Crippen molar-refractivity contribution in [1.82, 2.24) is 4.90 Å². The minimum atomic E-state index is -0.601. The number of piperidine rings is 1. The van der Waals surface area contributed by atoms with E-state index >= 15 is 0 Å². The van der Waals surface area contributed by atoms with Crippen LogP contribution in [0.4, 0.5) is 10.5 Å². The van der Waals surface area contributed by atoms with E-state index in [1.165, 1.54) is 0 Å². The van der Waals surface area contributed by atoms with Gasteiger partial charge in [0.2, 0.25) is 5.91 Å². The molecule has 2 aliphatic heterocycles. The highest BCUT2D eigenvalue weighted by atomic mass is 16.6. The van der Waals surface area contributed by atoms with Crippen molar-refractivity contribution < 1.29 is 14.3 Å². The van der Waals surface area contributed by atoms with Gasteiger partial charge in [0, 0.05) is 19.5 Å². The van der Waals surface area contributed by atoms with E-state index in [2.05, 4.69) is 13.8 Å². The fraction of sp³-hybridized carbons (Fsp3) is 0.619. The van der Waals surface area contributed by atoms with Gasteiger partial charge in [-0.05, 0) is 50.7 Å². The first-order chi connectivity index (χ1) is 12.2. The van der Waals surface area contributed by atoms with Gasteiger partial charge in [-0.25, -0.2) is 4.79 Å². The Bertz CT molecular complexity index is 685. The third-order valence-electron chi connectivity index (χ3n) is 5.03. The van der Waals surface area contributed by atoms with Gasteiger partial charge in [-0.3, -0.25) is 9.69 Å². The first-order valence-electron chi connectivity index (χ1n) is 9.54. The van der Waals surface area contributed by atoms with Crippen LogP contribution in [0.2, 0.25) is 0 Å². The first kappa shape index (κ1) is 18.7. The van der Waals surface area contributed by atoms with Crippen LogP contribution >= 0.6 is 0 Å². The quantitative estimate of drug-likeness (QED) is 0.766. The van der Waals surface area contributed by atoms with E-state index in [0.717, 1.165) is 30.8 Å². The number of hydrogen-bond donors (Lipinski definition) is 0. The van der Waals surface area contributed by atoms with Gasteiger partial charge in [0.05, 0.1) is 5.69 Å². The van der Waals surface area contributed by atoms with Crippen LogP contribution in [0.3, 0.4) is 0 Å². The molecule has 1 saturated heterocycles.